The first-order valence-electron chi connectivity index (χ1n) is 7.00. The van der Waals surface area contributed by atoms with Crippen molar-refractivity contribution in [3.8, 4) is 11.6 Å². The van der Waals surface area contributed by atoms with Crippen LogP contribution >= 0.6 is 46.4 Å². The zero-order valence-corrected chi connectivity index (χ0v) is 15.5. The summed E-state index contributed by atoms with van der Waals surface area (Å²) in [6, 6.07) is 8.44. The maximum Gasteiger partial charge on any atom is 0.238 e. The van der Waals surface area contributed by atoms with Gasteiger partial charge in [0.25, 0.3) is 0 Å². The molecule has 126 valence electrons. The minimum absolute atomic E-state index is 0.185. The fourth-order valence-electron chi connectivity index (χ4n) is 2.15. The number of nitrogens with one attached hydrogen (secondary N) is 1. The largest absolute Gasteiger partial charge is 0.435 e. The average molecular weight is 406 g/mol. The summed E-state index contributed by atoms with van der Waals surface area (Å²) in [4.78, 5) is 16.5. The normalized spacial score (nSPS) is 21.2. The number of nitrogens with zero attached hydrogens (tertiary/aromatic N) is 1. The third-order valence-electron chi connectivity index (χ3n) is 3.87. The zero-order chi connectivity index (χ0) is 17.5. The first-order chi connectivity index (χ1) is 11.2. The van der Waals surface area contributed by atoms with E-state index in [4.69, 9.17) is 51.1 Å². The molecule has 1 aromatic heterocycles. The van der Waals surface area contributed by atoms with Crippen LogP contribution in [0.1, 0.15) is 13.3 Å². The van der Waals surface area contributed by atoms with E-state index in [0.29, 0.717) is 22.9 Å². The topological polar surface area (TPSA) is 51.2 Å². The van der Waals surface area contributed by atoms with Gasteiger partial charge in [-0.05, 0) is 31.5 Å². The smallest absolute Gasteiger partial charge is 0.238 e. The van der Waals surface area contributed by atoms with Crippen molar-refractivity contribution < 1.29 is 9.53 Å². The summed E-state index contributed by atoms with van der Waals surface area (Å²) in [5.74, 6) is 0.296. The van der Waals surface area contributed by atoms with E-state index in [1.165, 1.54) is 12.3 Å². The van der Waals surface area contributed by atoms with Crippen LogP contribution in [0.15, 0.2) is 36.5 Å². The number of benzene rings is 1. The van der Waals surface area contributed by atoms with Crippen molar-refractivity contribution in [3.63, 3.8) is 0 Å². The lowest BCUT2D eigenvalue weighted by Crippen LogP contribution is -2.26. The van der Waals surface area contributed by atoms with Crippen LogP contribution in [0.3, 0.4) is 0 Å². The van der Waals surface area contributed by atoms with Gasteiger partial charge in [-0.3, -0.25) is 4.79 Å². The number of anilines is 1. The number of alkyl halides is 2. The quantitative estimate of drug-likeness (QED) is 0.663. The molecule has 0 radical (unpaired) electrons. The Labute approximate surface area is 159 Å². The van der Waals surface area contributed by atoms with Crippen LogP contribution in [-0.4, -0.2) is 15.2 Å². The second-order valence-corrected chi connectivity index (χ2v) is 8.03. The predicted octanol–water partition coefficient (Wildman–Crippen LogP) is 5.70. The van der Waals surface area contributed by atoms with E-state index in [9.17, 15) is 4.79 Å². The molecule has 24 heavy (non-hydrogen) atoms. The minimum Gasteiger partial charge on any atom is -0.435 e. The lowest BCUT2D eigenvalue weighted by Gasteiger charge is -2.15. The number of hydrogen-bond acceptors (Lipinski definition) is 3. The highest BCUT2D eigenvalue weighted by atomic mass is 35.5. The molecule has 0 saturated heterocycles. The van der Waals surface area contributed by atoms with Crippen molar-refractivity contribution >= 4 is 58.0 Å². The van der Waals surface area contributed by atoms with Crippen molar-refractivity contribution in [1.82, 2.24) is 4.98 Å². The van der Waals surface area contributed by atoms with Gasteiger partial charge in [0, 0.05) is 6.20 Å². The Morgan fingerprint density at radius 2 is 1.96 bits per heavy atom. The second-order valence-electron chi connectivity index (χ2n) is 5.71. The third kappa shape index (κ3) is 3.29. The van der Waals surface area contributed by atoms with Crippen LogP contribution in [0.2, 0.25) is 10.0 Å². The van der Waals surface area contributed by atoms with Gasteiger partial charge in [0.05, 0.1) is 16.1 Å². The number of rotatable bonds is 4. The maximum absolute atomic E-state index is 12.4. The number of para-hydroxylation sites is 2. The molecule has 2 aromatic rings. The molecule has 0 bridgehead atoms. The fraction of sp³-hybridized carbons (Fsp3) is 0.250. The lowest BCUT2D eigenvalue weighted by atomic mass is 10.1. The molecule has 0 aliphatic heterocycles. The summed E-state index contributed by atoms with van der Waals surface area (Å²) < 4.78 is 4.65. The highest BCUT2D eigenvalue weighted by Crippen LogP contribution is 2.64. The van der Waals surface area contributed by atoms with Crippen LogP contribution in [0, 0.1) is 5.41 Å². The van der Waals surface area contributed by atoms with E-state index in [2.05, 4.69) is 10.3 Å². The molecule has 1 saturated carbocycles. The third-order valence-corrected chi connectivity index (χ3v) is 5.45. The van der Waals surface area contributed by atoms with Crippen LogP contribution in [0.5, 0.6) is 11.6 Å². The summed E-state index contributed by atoms with van der Waals surface area (Å²) >= 11 is 24.0. The summed E-state index contributed by atoms with van der Waals surface area (Å²) in [5, 5.41) is 3.45. The highest BCUT2D eigenvalue weighted by molar-refractivity contribution is 6.53. The van der Waals surface area contributed by atoms with Gasteiger partial charge in [-0.15, -0.1) is 23.2 Å². The van der Waals surface area contributed by atoms with E-state index < -0.39 is 9.75 Å². The summed E-state index contributed by atoms with van der Waals surface area (Å²) in [6.07, 6.45) is 1.81. The van der Waals surface area contributed by atoms with Gasteiger partial charge in [0.2, 0.25) is 11.8 Å². The second kappa shape index (κ2) is 6.26. The van der Waals surface area contributed by atoms with Crippen molar-refractivity contribution in [2.24, 2.45) is 5.41 Å². The maximum atomic E-state index is 12.4. The Bertz CT molecular complexity index is 812. The Morgan fingerprint density at radius 3 is 2.58 bits per heavy atom. The molecule has 1 amide bonds. The number of amides is 1. The Balaban J connectivity index is 1.82. The minimum atomic E-state index is -1.05. The number of halogens is 4. The SMILES string of the molecule is CC1(C(=O)Nc2ccccc2Oc2ncc(Cl)cc2Cl)CC1(Cl)Cl. The molecule has 1 atom stereocenters. The van der Waals surface area contributed by atoms with Crippen molar-refractivity contribution in [3.05, 3.63) is 46.6 Å². The van der Waals surface area contributed by atoms with Gasteiger partial charge >= 0.3 is 0 Å². The average Bonchev–Trinajstić information content (AvgIpc) is 3.04. The van der Waals surface area contributed by atoms with Crippen molar-refractivity contribution in [1.29, 1.82) is 0 Å². The predicted molar refractivity (Wildman–Crippen MR) is 96.6 cm³/mol. The zero-order valence-electron chi connectivity index (χ0n) is 12.4. The Morgan fingerprint density at radius 1 is 1.29 bits per heavy atom. The van der Waals surface area contributed by atoms with Gasteiger partial charge in [0.15, 0.2) is 5.75 Å². The van der Waals surface area contributed by atoms with Crippen molar-refractivity contribution in [2.75, 3.05) is 5.32 Å². The van der Waals surface area contributed by atoms with Crippen LogP contribution in [-0.2, 0) is 4.79 Å². The summed E-state index contributed by atoms with van der Waals surface area (Å²) in [6.45, 7) is 1.71. The molecule has 1 heterocycles. The van der Waals surface area contributed by atoms with Gasteiger partial charge in [-0.2, -0.15) is 0 Å². The molecule has 1 aromatic carbocycles. The number of carbonyl (C=O) groups is 1. The van der Waals surface area contributed by atoms with Crippen molar-refractivity contribution in [2.45, 2.75) is 17.7 Å². The van der Waals surface area contributed by atoms with E-state index in [0.717, 1.165) is 0 Å². The fourth-order valence-corrected chi connectivity index (χ4v) is 3.27. The van der Waals surface area contributed by atoms with Gasteiger partial charge < -0.3 is 10.1 Å². The molecule has 3 rings (SSSR count). The van der Waals surface area contributed by atoms with Gasteiger partial charge in [0.1, 0.15) is 9.36 Å². The Hall–Kier alpha value is -1.20. The molecule has 1 fully saturated rings. The van der Waals surface area contributed by atoms with E-state index in [1.807, 2.05) is 0 Å². The lowest BCUT2D eigenvalue weighted by molar-refractivity contribution is -0.120. The first-order valence-corrected chi connectivity index (χ1v) is 8.51. The molecule has 0 spiro atoms. The Kier molecular flexibility index (Phi) is 4.60. The molecule has 1 N–H and O–H groups in total. The monoisotopic (exact) mass is 404 g/mol. The van der Waals surface area contributed by atoms with Gasteiger partial charge in [-0.1, -0.05) is 35.3 Å². The molecule has 1 aliphatic rings. The first kappa shape index (κ1) is 17.6. The van der Waals surface area contributed by atoms with E-state index in [-0.39, 0.29) is 16.8 Å². The number of carbonyl (C=O) groups excluding carboxylic acids is 1. The summed E-state index contributed by atoms with van der Waals surface area (Å²) in [5.41, 5.74) is -0.369. The number of ether oxygens (including phenoxy) is 1. The molecule has 8 heteroatoms. The van der Waals surface area contributed by atoms with E-state index in [1.54, 1.807) is 31.2 Å². The van der Waals surface area contributed by atoms with E-state index >= 15 is 0 Å². The molecule has 4 nitrogen and oxygen atoms in total. The van der Waals surface area contributed by atoms with Crippen LogP contribution in [0.4, 0.5) is 5.69 Å². The molecule has 1 aliphatic carbocycles. The van der Waals surface area contributed by atoms with Crippen LogP contribution in [0.25, 0.3) is 0 Å². The standard InChI is InChI=1S/C16H12Cl4N2O2/c1-15(8-16(15,19)20)14(23)22-11-4-2-3-5-12(11)24-13-10(18)6-9(17)7-21-13/h2-7H,8H2,1H3,(H,22,23). The molecular weight excluding hydrogens is 394 g/mol. The number of pyridine rings is 1. The molecular formula is C16H12Cl4N2O2. The highest BCUT2D eigenvalue weighted by Gasteiger charge is 2.67. The molecule has 1 unspecified atom stereocenters. The van der Waals surface area contributed by atoms with Crippen LogP contribution < -0.4 is 10.1 Å². The van der Waals surface area contributed by atoms with Gasteiger partial charge in [-0.25, -0.2) is 4.98 Å². The summed E-state index contributed by atoms with van der Waals surface area (Å²) in [7, 11) is 0. The number of aromatic nitrogens is 1. The number of hydrogen-bond donors (Lipinski definition) is 1.